The molecule has 1 fully saturated rings. The smallest absolute Gasteiger partial charge is 0.158 e. The molecular formula is C11H13ClNO. The first kappa shape index (κ1) is 9.97. The first-order valence-corrected chi connectivity index (χ1v) is 5.26. The summed E-state index contributed by atoms with van der Waals surface area (Å²) < 4.78 is 0. The highest BCUT2D eigenvalue weighted by atomic mass is 35.5. The molecule has 1 saturated heterocycles. The van der Waals surface area contributed by atoms with Crippen molar-refractivity contribution >= 4 is 11.6 Å². The Kier molecular flexibility index (Phi) is 2.77. The lowest BCUT2D eigenvalue weighted by Crippen LogP contribution is -2.40. The van der Waals surface area contributed by atoms with E-state index in [4.69, 9.17) is 11.6 Å². The van der Waals surface area contributed by atoms with E-state index in [1.54, 1.807) is 6.07 Å². The molecule has 2 rings (SSSR count). The van der Waals surface area contributed by atoms with Crippen molar-refractivity contribution in [2.75, 3.05) is 6.54 Å². The van der Waals surface area contributed by atoms with Gasteiger partial charge in [-0.25, -0.2) is 5.32 Å². The zero-order valence-electron chi connectivity index (χ0n) is 7.91. The van der Waals surface area contributed by atoms with Gasteiger partial charge in [-0.3, -0.25) is 0 Å². The van der Waals surface area contributed by atoms with Crippen LogP contribution in [0.5, 0.6) is 0 Å². The van der Waals surface area contributed by atoms with Crippen LogP contribution in [0.1, 0.15) is 24.8 Å². The third kappa shape index (κ3) is 1.78. The summed E-state index contributed by atoms with van der Waals surface area (Å²) in [6.07, 6.45) is 2.74. The number of piperidine rings is 1. The number of halogens is 1. The van der Waals surface area contributed by atoms with E-state index in [-0.39, 0.29) is 0 Å². The Labute approximate surface area is 88.9 Å². The quantitative estimate of drug-likeness (QED) is 0.758. The monoisotopic (exact) mass is 210 g/mol. The minimum absolute atomic E-state index is 0.598. The van der Waals surface area contributed by atoms with Gasteiger partial charge in [-0.05, 0) is 25.3 Å². The molecule has 1 unspecified atom stereocenters. The third-order valence-corrected chi connectivity index (χ3v) is 2.94. The van der Waals surface area contributed by atoms with Gasteiger partial charge in [-0.1, -0.05) is 29.8 Å². The summed E-state index contributed by atoms with van der Waals surface area (Å²) in [5.74, 6) is 0. The van der Waals surface area contributed by atoms with E-state index in [0.717, 1.165) is 24.9 Å². The summed E-state index contributed by atoms with van der Waals surface area (Å²) in [7, 11) is 0. The molecule has 1 aliphatic rings. The first-order valence-electron chi connectivity index (χ1n) is 4.88. The zero-order chi connectivity index (χ0) is 10.0. The highest BCUT2D eigenvalue weighted by Gasteiger charge is 2.33. The molecule has 0 bridgehead atoms. The van der Waals surface area contributed by atoms with Gasteiger partial charge in [-0.2, -0.15) is 0 Å². The Morgan fingerprint density at radius 2 is 2.07 bits per heavy atom. The Hall–Kier alpha value is -0.570. The van der Waals surface area contributed by atoms with Crippen LogP contribution in [0.15, 0.2) is 24.3 Å². The maximum Gasteiger partial charge on any atom is 0.158 e. The lowest BCUT2D eigenvalue weighted by Gasteiger charge is -2.32. The second-order valence-corrected chi connectivity index (χ2v) is 4.04. The maximum atomic E-state index is 10.3. The summed E-state index contributed by atoms with van der Waals surface area (Å²) in [6.45, 7) is 0.724. The summed E-state index contributed by atoms with van der Waals surface area (Å²) in [5.41, 5.74) is -0.308. The largest absolute Gasteiger partial charge is 0.370 e. The minimum atomic E-state index is -1.05. The molecule has 0 saturated carbocycles. The van der Waals surface area contributed by atoms with Crippen molar-refractivity contribution in [3.63, 3.8) is 0 Å². The van der Waals surface area contributed by atoms with Crippen LogP contribution in [-0.2, 0) is 5.72 Å². The number of rotatable bonds is 1. The van der Waals surface area contributed by atoms with Gasteiger partial charge in [0.25, 0.3) is 0 Å². The van der Waals surface area contributed by atoms with Gasteiger partial charge in [0.15, 0.2) is 5.72 Å². The van der Waals surface area contributed by atoms with Crippen molar-refractivity contribution in [2.24, 2.45) is 0 Å². The molecule has 1 atom stereocenters. The van der Waals surface area contributed by atoms with E-state index in [9.17, 15) is 5.11 Å². The van der Waals surface area contributed by atoms with Gasteiger partial charge < -0.3 is 5.11 Å². The molecule has 3 heteroatoms. The van der Waals surface area contributed by atoms with Crippen molar-refractivity contribution in [3.8, 4) is 0 Å². The average molecular weight is 211 g/mol. The van der Waals surface area contributed by atoms with E-state index in [1.165, 1.54) is 0 Å². The Balaban J connectivity index is 2.32. The molecule has 1 aliphatic heterocycles. The lowest BCUT2D eigenvalue weighted by atomic mass is 9.93. The third-order valence-electron chi connectivity index (χ3n) is 2.61. The SMILES string of the molecule is OC1(c2ccccc2Cl)CCCC[N]1. The highest BCUT2D eigenvalue weighted by Crippen LogP contribution is 2.33. The van der Waals surface area contributed by atoms with Gasteiger partial charge in [-0.15, -0.1) is 0 Å². The molecule has 75 valence electrons. The predicted molar refractivity (Wildman–Crippen MR) is 56.2 cm³/mol. The number of hydrogen-bond donors (Lipinski definition) is 1. The normalized spacial score (nSPS) is 27.6. The molecular weight excluding hydrogens is 198 g/mol. The van der Waals surface area contributed by atoms with E-state index in [2.05, 4.69) is 5.32 Å². The number of aliphatic hydroxyl groups is 1. The van der Waals surface area contributed by atoms with Crippen molar-refractivity contribution in [2.45, 2.75) is 25.0 Å². The van der Waals surface area contributed by atoms with Crippen molar-refractivity contribution in [1.29, 1.82) is 0 Å². The molecule has 1 radical (unpaired) electrons. The molecule has 1 heterocycles. The van der Waals surface area contributed by atoms with Crippen molar-refractivity contribution in [3.05, 3.63) is 34.9 Å². The van der Waals surface area contributed by atoms with Crippen LogP contribution in [0.2, 0.25) is 5.02 Å². The molecule has 0 spiro atoms. The zero-order valence-corrected chi connectivity index (χ0v) is 8.67. The molecule has 0 amide bonds. The fraction of sp³-hybridized carbons (Fsp3) is 0.455. The Morgan fingerprint density at radius 3 is 2.71 bits per heavy atom. The van der Waals surface area contributed by atoms with Crippen molar-refractivity contribution < 1.29 is 5.11 Å². The van der Waals surface area contributed by atoms with Crippen LogP contribution in [0.3, 0.4) is 0 Å². The minimum Gasteiger partial charge on any atom is -0.370 e. The summed E-state index contributed by atoms with van der Waals surface area (Å²) in [4.78, 5) is 0. The van der Waals surface area contributed by atoms with Crippen LogP contribution in [0.25, 0.3) is 0 Å². The summed E-state index contributed by atoms with van der Waals surface area (Å²) in [6, 6.07) is 7.37. The fourth-order valence-corrected chi connectivity index (χ4v) is 2.12. The van der Waals surface area contributed by atoms with Crippen LogP contribution in [-0.4, -0.2) is 11.7 Å². The second kappa shape index (κ2) is 3.89. The van der Waals surface area contributed by atoms with Gasteiger partial charge in [0.2, 0.25) is 0 Å². The first-order chi connectivity index (χ1) is 6.72. The van der Waals surface area contributed by atoms with Crippen LogP contribution < -0.4 is 5.32 Å². The fourth-order valence-electron chi connectivity index (χ4n) is 1.83. The van der Waals surface area contributed by atoms with E-state index in [1.807, 2.05) is 18.2 Å². The van der Waals surface area contributed by atoms with Crippen LogP contribution in [0, 0.1) is 0 Å². The topological polar surface area (TPSA) is 34.3 Å². The van der Waals surface area contributed by atoms with Crippen molar-refractivity contribution in [1.82, 2.24) is 5.32 Å². The van der Waals surface area contributed by atoms with Gasteiger partial charge >= 0.3 is 0 Å². The summed E-state index contributed by atoms with van der Waals surface area (Å²) in [5, 5.41) is 15.1. The second-order valence-electron chi connectivity index (χ2n) is 3.64. The van der Waals surface area contributed by atoms with Gasteiger partial charge in [0, 0.05) is 17.1 Å². The van der Waals surface area contributed by atoms with Crippen LogP contribution in [0.4, 0.5) is 0 Å². The molecule has 1 aromatic carbocycles. The highest BCUT2D eigenvalue weighted by molar-refractivity contribution is 6.31. The summed E-state index contributed by atoms with van der Waals surface area (Å²) >= 11 is 6.03. The number of benzene rings is 1. The lowest BCUT2D eigenvalue weighted by molar-refractivity contribution is -0.0281. The van der Waals surface area contributed by atoms with E-state index in [0.29, 0.717) is 11.4 Å². The Morgan fingerprint density at radius 1 is 1.29 bits per heavy atom. The maximum absolute atomic E-state index is 10.3. The molecule has 2 nitrogen and oxygen atoms in total. The number of hydrogen-bond acceptors (Lipinski definition) is 1. The number of nitrogens with zero attached hydrogens (tertiary/aromatic N) is 1. The molecule has 14 heavy (non-hydrogen) atoms. The van der Waals surface area contributed by atoms with E-state index < -0.39 is 5.72 Å². The molecule has 0 aliphatic carbocycles. The molecule has 1 N–H and O–H groups in total. The van der Waals surface area contributed by atoms with E-state index >= 15 is 0 Å². The van der Waals surface area contributed by atoms with Gasteiger partial charge in [0.05, 0.1) is 0 Å². The predicted octanol–water partition coefficient (Wildman–Crippen LogP) is 2.27. The van der Waals surface area contributed by atoms with Gasteiger partial charge in [0.1, 0.15) is 0 Å². The molecule has 0 aromatic heterocycles. The standard InChI is InChI=1S/C11H13ClNO/c12-10-6-2-1-5-9(10)11(14)7-3-4-8-13-11/h1-2,5-6,14H,3-4,7-8H2. The average Bonchev–Trinajstić information content (AvgIpc) is 2.19. The van der Waals surface area contributed by atoms with Crippen LogP contribution >= 0.6 is 11.6 Å². The Bertz CT molecular complexity index is 321. The molecule has 1 aromatic rings.